The number of aryl methyl sites for hydroxylation is 1. The minimum atomic E-state index is -1.01. The maximum atomic E-state index is 11.8. The number of aromatic nitrogens is 2. The van der Waals surface area contributed by atoms with Crippen molar-refractivity contribution in [3.05, 3.63) is 18.5 Å². The number of nitrogens with zero attached hydrogens (tertiary/aromatic N) is 3. The van der Waals surface area contributed by atoms with E-state index in [0.29, 0.717) is 13.1 Å². The van der Waals surface area contributed by atoms with Gasteiger partial charge in [0, 0.05) is 31.5 Å². The van der Waals surface area contributed by atoms with Crippen LogP contribution in [0.1, 0.15) is 20.3 Å². The standard InChI is InChI=1S/C12H20N4O3/c1-10(2)16(9-11(17)18)12(19)13-5-3-7-15-8-4-6-14-15/h4,6,8,10H,3,5,7,9H2,1-2H3,(H,13,19)(H,17,18). The summed E-state index contributed by atoms with van der Waals surface area (Å²) in [6, 6.07) is 1.34. The summed E-state index contributed by atoms with van der Waals surface area (Å²) >= 11 is 0. The minimum Gasteiger partial charge on any atom is -0.480 e. The lowest BCUT2D eigenvalue weighted by Crippen LogP contribution is -2.46. The Morgan fingerprint density at radius 3 is 2.74 bits per heavy atom. The Bertz CT molecular complexity index is 403. The van der Waals surface area contributed by atoms with Crippen molar-refractivity contribution in [2.75, 3.05) is 13.1 Å². The van der Waals surface area contributed by atoms with Crippen LogP contribution in [0.3, 0.4) is 0 Å². The van der Waals surface area contributed by atoms with E-state index in [0.717, 1.165) is 6.42 Å². The van der Waals surface area contributed by atoms with Crippen LogP contribution in [-0.4, -0.2) is 50.9 Å². The van der Waals surface area contributed by atoms with Gasteiger partial charge in [-0.15, -0.1) is 0 Å². The average molecular weight is 268 g/mol. The zero-order valence-electron chi connectivity index (χ0n) is 11.2. The van der Waals surface area contributed by atoms with Crippen LogP contribution < -0.4 is 5.32 Å². The number of urea groups is 1. The van der Waals surface area contributed by atoms with Gasteiger partial charge in [0.15, 0.2) is 0 Å². The molecule has 0 bridgehead atoms. The van der Waals surface area contributed by atoms with Gasteiger partial charge in [-0.1, -0.05) is 0 Å². The Morgan fingerprint density at radius 1 is 1.47 bits per heavy atom. The molecule has 1 aromatic rings. The van der Waals surface area contributed by atoms with E-state index in [4.69, 9.17) is 5.11 Å². The number of aliphatic carboxylic acids is 1. The van der Waals surface area contributed by atoms with Crippen LogP contribution in [-0.2, 0) is 11.3 Å². The van der Waals surface area contributed by atoms with Crippen molar-refractivity contribution in [1.82, 2.24) is 20.0 Å². The summed E-state index contributed by atoms with van der Waals surface area (Å²) < 4.78 is 1.78. The molecule has 0 saturated heterocycles. The second-order valence-corrected chi connectivity index (χ2v) is 4.47. The van der Waals surface area contributed by atoms with E-state index in [9.17, 15) is 9.59 Å². The van der Waals surface area contributed by atoms with Gasteiger partial charge in [-0.2, -0.15) is 5.10 Å². The third-order valence-electron chi connectivity index (χ3n) is 2.59. The molecule has 7 heteroatoms. The van der Waals surface area contributed by atoms with Crippen LogP contribution in [0.4, 0.5) is 4.79 Å². The van der Waals surface area contributed by atoms with Gasteiger partial charge in [0.1, 0.15) is 6.54 Å². The fourth-order valence-corrected chi connectivity index (χ4v) is 1.61. The molecule has 1 rings (SSSR count). The minimum absolute atomic E-state index is 0.151. The smallest absolute Gasteiger partial charge is 0.323 e. The molecule has 0 radical (unpaired) electrons. The van der Waals surface area contributed by atoms with Crippen LogP contribution in [0.25, 0.3) is 0 Å². The molecule has 0 atom stereocenters. The SMILES string of the molecule is CC(C)N(CC(=O)O)C(=O)NCCCn1cccn1. The third kappa shape index (κ3) is 5.41. The average Bonchev–Trinajstić information content (AvgIpc) is 2.83. The fourth-order valence-electron chi connectivity index (χ4n) is 1.61. The van der Waals surface area contributed by atoms with Gasteiger partial charge >= 0.3 is 12.0 Å². The first-order valence-electron chi connectivity index (χ1n) is 6.24. The van der Waals surface area contributed by atoms with E-state index in [1.165, 1.54) is 4.90 Å². The number of nitrogens with one attached hydrogen (secondary N) is 1. The normalized spacial score (nSPS) is 10.5. The molecule has 0 aliphatic heterocycles. The van der Waals surface area contributed by atoms with E-state index in [2.05, 4.69) is 10.4 Å². The number of carboxylic acids is 1. The second-order valence-electron chi connectivity index (χ2n) is 4.47. The summed E-state index contributed by atoms with van der Waals surface area (Å²) in [5.74, 6) is -1.01. The molecular formula is C12H20N4O3. The Morgan fingerprint density at radius 2 is 2.21 bits per heavy atom. The van der Waals surface area contributed by atoms with Crippen molar-refractivity contribution in [2.45, 2.75) is 32.9 Å². The zero-order valence-corrected chi connectivity index (χ0v) is 11.2. The maximum absolute atomic E-state index is 11.8. The summed E-state index contributed by atoms with van der Waals surface area (Å²) in [5.41, 5.74) is 0. The van der Waals surface area contributed by atoms with E-state index in [-0.39, 0.29) is 18.6 Å². The number of carbonyl (C=O) groups excluding carboxylic acids is 1. The van der Waals surface area contributed by atoms with Crippen molar-refractivity contribution in [1.29, 1.82) is 0 Å². The molecule has 0 aliphatic rings. The summed E-state index contributed by atoms with van der Waals surface area (Å²) in [5, 5.41) is 15.5. The first-order valence-corrected chi connectivity index (χ1v) is 6.24. The first kappa shape index (κ1) is 15.0. The highest BCUT2D eigenvalue weighted by atomic mass is 16.4. The lowest BCUT2D eigenvalue weighted by molar-refractivity contribution is -0.138. The summed E-state index contributed by atoms with van der Waals surface area (Å²) in [7, 11) is 0. The molecule has 0 aromatic carbocycles. The van der Waals surface area contributed by atoms with Gasteiger partial charge < -0.3 is 15.3 Å². The van der Waals surface area contributed by atoms with E-state index < -0.39 is 5.97 Å². The van der Waals surface area contributed by atoms with Gasteiger partial charge in [0.2, 0.25) is 0 Å². The molecule has 1 heterocycles. The van der Waals surface area contributed by atoms with Crippen LogP contribution in [0, 0.1) is 0 Å². The molecule has 2 amide bonds. The lowest BCUT2D eigenvalue weighted by Gasteiger charge is -2.25. The van der Waals surface area contributed by atoms with Crippen molar-refractivity contribution < 1.29 is 14.7 Å². The van der Waals surface area contributed by atoms with Crippen molar-refractivity contribution >= 4 is 12.0 Å². The Kier molecular flexibility index (Phi) is 5.84. The number of carbonyl (C=O) groups is 2. The predicted molar refractivity (Wildman–Crippen MR) is 69.7 cm³/mol. The largest absolute Gasteiger partial charge is 0.480 e. The number of carboxylic acid groups (broad SMARTS) is 1. The Hall–Kier alpha value is -2.05. The zero-order chi connectivity index (χ0) is 14.3. The van der Waals surface area contributed by atoms with Gasteiger partial charge in [0.25, 0.3) is 0 Å². The monoisotopic (exact) mass is 268 g/mol. The molecule has 0 spiro atoms. The molecule has 0 saturated carbocycles. The van der Waals surface area contributed by atoms with Crippen molar-refractivity contribution in [3.63, 3.8) is 0 Å². The number of amides is 2. The first-order chi connectivity index (χ1) is 9.00. The van der Waals surface area contributed by atoms with Crippen molar-refractivity contribution in [2.24, 2.45) is 0 Å². The Labute approximate surface area is 112 Å². The van der Waals surface area contributed by atoms with Crippen LogP contribution in [0.2, 0.25) is 0 Å². The molecule has 1 aromatic heterocycles. The number of hydrogen-bond donors (Lipinski definition) is 2. The molecular weight excluding hydrogens is 248 g/mol. The van der Waals surface area contributed by atoms with Crippen LogP contribution >= 0.6 is 0 Å². The van der Waals surface area contributed by atoms with Crippen molar-refractivity contribution in [3.8, 4) is 0 Å². The molecule has 106 valence electrons. The van der Waals surface area contributed by atoms with Crippen LogP contribution in [0.15, 0.2) is 18.5 Å². The maximum Gasteiger partial charge on any atom is 0.323 e. The Balaban J connectivity index is 2.29. The van der Waals surface area contributed by atoms with E-state index in [1.54, 1.807) is 24.7 Å². The van der Waals surface area contributed by atoms with Gasteiger partial charge in [-0.05, 0) is 26.3 Å². The summed E-state index contributed by atoms with van der Waals surface area (Å²) in [6.45, 7) is 4.48. The van der Waals surface area contributed by atoms with Gasteiger partial charge in [-0.3, -0.25) is 9.48 Å². The molecule has 0 aliphatic carbocycles. The quantitative estimate of drug-likeness (QED) is 0.715. The molecule has 7 nitrogen and oxygen atoms in total. The predicted octanol–water partition coefficient (Wildman–Crippen LogP) is 0.778. The van der Waals surface area contributed by atoms with Gasteiger partial charge in [-0.25, -0.2) is 4.79 Å². The number of rotatable bonds is 7. The molecule has 0 unspecified atom stereocenters. The highest BCUT2D eigenvalue weighted by Crippen LogP contribution is 1.98. The topological polar surface area (TPSA) is 87.5 Å². The number of hydrogen-bond acceptors (Lipinski definition) is 3. The molecule has 0 fully saturated rings. The molecule has 19 heavy (non-hydrogen) atoms. The highest BCUT2D eigenvalue weighted by molar-refractivity contribution is 5.80. The summed E-state index contributed by atoms with van der Waals surface area (Å²) in [6.07, 6.45) is 4.30. The molecule has 2 N–H and O–H groups in total. The summed E-state index contributed by atoms with van der Waals surface area (Å²) in [4.78, 5) is 23.8. The fraction of sp³-hybridized carbons (Fsp3) is 0.583. The van der Waals surface area contributed by atoms with Crippen LogP contribution in [0.5, 0.6) is 0 Å². The third-order valence-corrected chi connectivity index (χ3v) is 2.59. The van der Waals surface area contributed by atoms with E-state index >= 15 is 0 Å². The van der Waals surface area contributed by atoms with E-state index in [1.807, 2.05) is 12.3 Å². The lowest BCUT2D eigenvalue weighted by atomic mass is 10.3. The van der Waals surface area contributed by atoms with Gasteiger partial charge in [0.05, 0.1) is 0 Å². The second kappa shape index (κ2) is 7.40. The highest BCUT2D eigenvalue weighted by Gasteiger charge is 2.18.